The first-order valence-corrected chi connectivity index (χ1v) is 7.93. The van der Waals surface area contributed by atoms with E-state index in [-0.39, 0.29) is 24.2 Å². The van der Waals surface area contributed by atoms with Gasteiger partial charge in [0.2, 0.25) is 5.91 Å². The van der Waals surface area contributed by atoms with Crippen molar-refractivity contribution < 1.29 is 14.0 Å². The quantitative estimate of drug-likeness (QED) is 0.927. The Bertz CT molecular complexity index is 748. The van der Waals surface area contributed by atoms with E-state index < -0.39 is 0 Å². The third kappa shape index (κ3) is 3.29. The van der Waals surface area contributed by atoms with E-state index in [1.165, 1.54) is 18.3 Å². The first-order chi connectivity index (χ1) is 11.6. The highest BCUT2D eigenvalue weighted by Crippen LogP contribution is 2.15. The van der Waals surface area contributed by atoms with Crippen LogP contribution in [0.2, 0.25) is 0 Å². The summed E-state index contributed by atoms with van der Waals surface area (Å²) >= 11 is 0. The van der Waals surface area contributed by atoms with Gasteiger partial charge in [-0.2, -0.15) is 5.10 Å². The van der Waals surface area contributed by atoms with Gasteiger partial charge in [-0.3, -0.25) is 9.59 Å². The standard InChI is InChI=1S/C17H19FN4O2/c1-12-15(10-20-22(12)14-6-4-13(18)5-7-14)17(24)19-11-16(23)21-8-2-3-9-21/h4-7,10H,2-3,8-9,11H2,1H3,(H,19,24). The maximum absolute atomic E-state index is 13.0. The molecule has 7 heteroatoms. The summed E-state index contributed by atoms with van der Waals surface area (Å²) in [7, 11) is 0. The number of carbonyl (C=O) groups excluding carboxylic acids is 2. The molecule has 1 aromatic carbocycles. The zero-order valence-corrected chi connectivity index (χ0v) is 13.5. The van der Waals surface area contributed by atoms with Gasteiger partial charge in [0.15, 0.2) is 0 Å². The smallest absolute Gasteiger partial charge is 0.255 e. The normalized spacial score (nSPS) is 14.0. The maximum Gasteiger partial charge on any atom is 0.255 e. The van der Waals surface area contributed by atoms with Crippen molar-refractivity contribution in [2.45, 2.75) is 19.8 Å². The van der Waals surface area contributed by atoms with E-state index in [1.54, 1.807) is 28.6 Å². The summed E-state index contributed by atoms with van der Waals surface area (Å²) < 4.78 is 14.6. The molecule has 1 aliphatic heterocycles. The van der Waals surface area contributed by atoms with Crippen LogP contribution < -0.4 is 5.32 Å². The molecule has 1 saturated heterocycles. The molecular formula is C17H19FN4O2. The van der Waals surface area contributed by atoms with E-state index in [9.17, 15) is 14.0 Å². The van der Waals surface area contributed by atoms with Crippen molar-refractivity contribution >= 4 is 11.8 Å². The molecule has 3 rings (SSSR count). The summed E-state index contributed by atoms with van der Waals surface area (Å²) in [6, 6.07) is 5.86. The van der Waals surface area contributed by atoms with Crippen LogP contribution in [0.3, 0.4) is 0 Å². The van der Waals surface area contributed by atoms with E-state index in [4.69, 9.17) is 0 Å². The van der Waals surface area contributed by atoms with Gasteiger partial charge in [-0.25, -0.2) is 9.07 Å². The summed E-state index contributed by atoms with van der Waals surface area (Å²) in [5, 5.41) is 6.83. The van der Waals surface area contributed by atoms with Crippen LogP contribution >= 0.6 is 0 Å². The van der Waals surface area contributed by atoms with Crippen LogP contribution in [0.25, 0.3) is 5.69 Å². The van der Waals surface area contributed by atoms with Gasteiger partial charge in [0.05, 0.1) is 29.7 Å². The number of hydrogen-bond donors (Lipinski definition) is 1. The first-order valence-electron chi connectivity index (χ1n) is 7.93. The average Bonchev–Trinajstić information content (AvgIpc) is 3.23. The minimum absolute atomic E-state index is 0.0139. The summed E-state index contributed by atoms with van der Waals surface area (Å²) in [6.45, 7) is 3.26. The first kappa shape index (κ1) is 16.2. The van der Waals surface area contributed by atoms with E-state index in [2.05, 4.69) is 10.4 Å². The van der Waals surface area contributed by atoms with Crippen molar-refractivity contribution in [3.05, 3.63) is 47.5 Å². The molecule has 0 bridgehead atoms. The minimum Gasteiger partial charge on any atom is -0.343 e. The molecule has 0 spiro atoms. The highest BCUT2D eigenvalue weighted by Gasteiger charge is 2.20. The molecule has 0 aliphatic carbocycles. The molecule has 1 aliphatic rings. The third-order valence-corrected chi connectivity index (χ3v) is 4.18. The lowest BCUT2D eigenvalue weighted by molar-refractivity contribution is -0.129. The van der Waals surface area contributed by atoms with Gasteiger partial charge in [-0.1, -0.05) is 0 Å². The summed E-state index contributed by atoms with van der Waals surface area (Å²) in [5.41, 5.74) is 1.70. The predicted molar refractivity (Wildman–Crippen MR) is 86.4 cm³/mol. The lowest BCUT2D eigenvalue weighted by atomic mass is 10.2. The Labute approximate surface area is 139 Å². The molecule has 0 radical (unpaired) electrons. The van der Waals surface area contributed by atoms with Crippen LogP contribution in [0.1, 0.15) is 28.9 Å². The molecule has 126 valence electrons. The molecule has 6 nitrogen and oxygen atoms in total. The second-order valence-corrected chi connectivity index (χ2v) is 5.80. The van der Waals surface area contributed by atoms with Gasteiger partial charge in [0.1, 0.15) is 5.82 Å². The largest absolute Gasteiger partial charge is 0.343 e. The fourth-order valence-electron chi connectivity index (χ4n) is 2.80. The fraction of sp³-hybridized carbons (Fsp3) is 0.353. The van der Waals surface area contributed by atoms with Crippen LogP contribution in [0.4, 0.5) is 4.39 Å². The van der Waals surface area contributed by atoms with Gasteiger partial charge >= 0.3 is 0 Å². The Morgan fingerprint density at radius 2 is 1.88 bits per heavy atom. The summed E-state index contributed by atoms with van der Waals surface area (Å²) in [4.78, 5) is 26.0. The number of nitrogens with one attached hydrogen (secondary N) is 1. The predicted octanol–water partition coefficient (Wildman–Crippen LogP) is 1.67. The maximum atomic E-state index is 13.0. The Morgan fingerprint density at radius 1 is 1.21 bits per heavy atom. The fourth-order valence-corrected chi connectivity index (χ4v) is 2.80. The molecule has 0 saturated carbocycles. The molecule has 2 aromatic rings. The van der Waals surface area contributed by atoms with Gasteiger partial charge in [-0.05, 0) is 44.0 Å². The number of carbonyl (C=O) groups is 2. The van der Waals surface area contributed by atoms with Crippen molar-refractivity contribution in [1.82, 2.24) is 20.0 Å². The summed E-state index contributed by atoms with van der Waals surface area (Å²) in [5.74, 6) is -0.736. The second-order valence-electron chi connectivity index (χ2n) is 5.80. The van der Waals surface area contributed by atoms with Crippen molar-refractivity contribution in [2.75, 3.05) is 19.6 Å². The number of benzene rings is 1. The van der Waals surface area contributed by atoms with E-state index >= 15 is 0 Å². The van der Waals surface area contributed by atoms with Crippen LogP contribution in [0.15, 0.2) is 30.5 Å². The SMILES string of the molecule is Cc1c(C(=O)NCC(=O)N2CCCC2)cnn1-c1ccc(F)cc1. The number of likely N-dealkylation sites (tertiary alicyclic amines) is 1. The Kier molecular flexibility index (Phi) is 4.59. The van der Waals surface area contributed by atoms with E-state index in [0.717, 1.165) is 25.9 Å². The average molecular weight is 330 g/mol. The lowest BCUT2D eigenvalue weighted by Gasteiger charge is -2.15. The molecule has 1 fully saturated rings. The highest BCUT2D eigenvalue weighted by atomic mass is 19.1. The van der Waals surface area contributed by atoms with Crippen LogP contribution in [-0.2, 0) is 4.79 Å². The van der Waals surface area contributed by atoms with Gasteiger partial charge < -0.3 is 10.2 Å². The molecule has 2 heterocycles. The highest BCUT2D eigenvalue weighted by molar-refractivity contribution is 5.97. The number of halogens is 1. The Hall–Kier alpha value is -2.70. The number of rotatable bonds is 4. The zero-order valence-electron chi connectivity index (χ0n) is 13.5. The Balaban J connectivity index is 1.67. The van der Waals surface area contributed by atoms with Gasteiger partial charge in [-0.15, -0.1) is 0 Å². The van der Waals surface area contributed by atoms with E-state index in [0.29, 0.717) is 16.9 Å². The van der Waals surface area contributed by atoms with Crippen molar-refractivity contribution in [1.29, 1.82) is 0 Å². The molecule has 1 N–H and O–H groups in total. The number of aromatic nitrogens is 2. The molecule has 1 aromatic heterocycles. The Morgan fingerprint density at radius 3 is 2.54 bits per heavy atom. The van der Waals surface area contributed by atoms with Crippen LogP contribution in [0.5, 0.6) is 0 Å². The topological polar surface area (TPSA) is 67.2 Å². The van der Waals surface area contributed by atoms with Gasteiger partial charge in [0, 0.05) is 13.1 Å². The molecule has 0 unspecified atom stereocenters. The monoisotopic (exact) mass is 330 g/mol. The van der Waals surface area contributed by atoms with Crippen LogP contribution in [0, 0.1) is 12.7 Å². The molecule has 24 heavy (non-hydrogen) atoms. The number of nitrogens with zero attached hydrogens (tertiary/aromatic N) is 3. The lowest BCUT2D eigenvalue weighted by Crippen LogP contribution is -2.38. The molecular weight excluding hydrogens is 311 g/mol. The number of hydrogen-bond acceptors (Lipinski definition) is 3. The minimum atomic E-state index is -0.339. The van der Waals surface area contributed by atoms with Gasteiger partial charge in [0.25, 0.3) is 5.91 Å². The van der Waals surface area contributed by atoms with Crippen molar-refractivity contribution in [2.24, 2.45) is 0 Å². The molecule has 2 amide bonds. The zero-order chi connectivity index (χ0) is 17.1. The number of amides is 2. The third-order valence-electron chi connectivity index (χ3n) is 4.18. The van der Waals surface area contributed by atoms with Crippen LogP contribution in [-0.4, -0.2) is 46.1 Å². The molecule has 0 atom stereocenters. The van der Waals surface area contributed by atoms with Crippen molar-refractivity contribution in [3.63, 3.8) is 0 Å². The van der Waals surface area contributed by atoms with Crippen molar-refractivity contribution in [3.8, 4) is 5.69 Å². The summed E-state index contributed by atoms with van der Waals surface area (Å²) in [6.07, 6.45) is 3.49. The van der Waals surface area contributed by atoms with E-state index in [1.807, 2.05) is 0 Å². The second kappa shape index (κ2) is 6.82.